The summed E-state index contributed by atoms with van der Waals surface area (Å²) < 4.78 is 12.2. The number of unbranched alkanes of at least 4 members (excludes halogenated alkanes) is 1. The zero-order chi connectivity index (χ0) is 23.0. The summed E-state index contributed by atoms with van der Waals surface area (Å²) in [5, 5.41) is 19.2. The number of aryl methyl sites for hydroxylation is 1. The van der Waals surface area contributed by atoms with E-state index in [1.54, 1.807) is 0 Å². The van der Waals surface area contributed by atoms with Crippen LogP contribution in [0.3, 0.4) is 0 Å². The summed E-state index contributed by atoms with van der Waals surface area (Å²) in [7, 11) is 2.08. The number of piperidine rings is 1. The molecule has 2 fully saturated rings. The van der Waals surface area contributed by atoms with Crippen molar-refractivity contribution in [2.75, 3.05) is 26.7 Å². The molecule has 1 aliphatic heterocycles. The topological polar surface area (TPSA) is 67.7 Å². The number of hydrogen-bond donors (Lipinski definition) is 1. The number of likely N-dealkylation sites (tertiary alicyclic amines) is 1. The molecule has 0 spiro atoms. The first-order valence-electron chi connectivity index (χ1n) is 12.8. The van der Waals surface area contributed by atoms with E-state index < -0.39 is 0 Å². The smallest absolute Gasteiger partial charge is 0.234 e. The lowest BCUT2D eigenvalue weighted by Gasteiger charge is -2.33. The van der Waals surface area contributed by atoms with Gasteiger partial charge in [-0.2, -0.15) is 5.10 Å². The molecule has 1 N–H and O–H groups in total. The van der Waals surface area contributed by atoms with E-state index >= 15 is 0 Å². The maximum Gasteiger partial charge on any atom is 0.234 e. The van der Waals surface area contributed by atoms with Crippen molar-refractivity contribution in [3.63, 3.8) is 0 Å². The summed E-state index contributed by atoms with van der Waals surface area (Å²) in [6.07, 6.45) is 10.1. The molecule has 0 bridgehead atoms. The van der Waals surface area contributed by atoms with Crippen LogP contribution < -0.4 is 9.47 Å². The fourth-order valence-electron chi connectivity index (χ4n) is 4.89. The second-order valence-corrected chi connectivity index (χ2v) is 9.74. The van der Waals surface area contributed by atoms with Crippen LogP contribution in [-0.4, -0.2) is 59.2 Å². The van der Waals surface area contributed by atoms with Crippen molar-refractivity contribution in [3.8, 4) is 22.8 Å². The molecule has 1 saturated heterocycles. The van der Waals surface area contributed by atoms with Crippen LogP contribution in [0.1, 0.15) is 64.0 Å². The number of rotatable bonds is 9. The quantitative estimate of drug-likeness (QED) is 0.450. The van der Waals surface area contributed by atoms with Gasteiger partial charge in [0.05, 0.1) is 24.5 Å². The first-order valence-corrected chi connectivity index (χ1v) is 12.8. The van der Waals surface area contributed by atoms with Crippen molar-refractivity contribution >= 4 is 24.8 Å². The number of aliphatic hydroxyl groups is 1. The zero-order valence-corrected chi connectivity index (χ0v) is 22.7. The molecule has 1 aliphatic carbocycles. The average Bonchev–Trinajstić information content (AvgIpc) is 2.85. The Hall–Kier alpha value is -1.60. The van der Waals surface area contributed by atoms with E-state index in [1.165, 1.54) is 19.3 Å². The van der Waals surface area contributed by atoms with Crippen LogP contribution in [0.4, 0.5) is 0 Å². The Morgan fingerprint density at radius 1 is 1.03 bits per heavy atom. The van der Waals surface area contributed by atoms with Gasteiger partial charge in [0.1, 0.15) is 5.75 Å². The van der Waals surface area contributed by atoms with Gasteiger partial charge >= 0.3 is 0 Å². The summed E-state index contributed by atoms with van der Waals surface area (Å²) in [4.78, 5) is 2.24. The number of hydrogen-bond acceptors (Lipinski definition) is 6. The molecule has 2 aliphatic rings. The van der Waals surface area contributed by atoms with Crippen LogP contribution in [-0.2, 0) is 6.42 Å². The maximum atomic E-state index is 10.3. The van der Waals surface area contributed by atoms with Gasteiger partial charge in [0, 0.05) is 30.6 Å². The molecule has 0 radical (unpaired) electrons. The van der Waals surface area contributed by atoms with Crippen LogP contribution in [0, 0.1) is 5.92 Å². The van der Waals surface area contributed by atoms with Crippen molar-refractivity contribution in [2.24, 2.45) is 5.92 Å². The summed E-state index contributed by atoms with van der Waals surface area (Å²) >= 11 is 0. The minimum atomic E-state index is -0.325. The third kappa shape index (κ3) is 8.49. The highest BCUT2D eigenvalue weighted by atomic mass is 35.5. The second-order valence-electron chi connectivity index (χ2n) is 9.74. The first-order chi connectivity index (χ1) is 16.1. The van der Waals surface area contributed by atoms with E-state index in [-0.39, 0.29) is 36.8 Å². The van der Waals surface area contributed by atoms with E-state index in [1.807, 2.05) is 6.07 Å². The van der Waals surface area contributed by atoms with Gasteiger partial charge in [0.25, 0.3) is 0 Å². The average molecular weight is 527 g/mol. The highest BCUT2D eigenvalue weighted by Crippen LogP contribution is 2.30. The van der Waals surface area contributed by atoms with Crippen LogP contribution in [0.2, 0.25) is 0 Å². The summed E-state index contributed by atoms with van der Waals surface area (Å²) in [5.41, 5.74) is 3.18. The number of aromatic nitrogens is 2. The van der Waals surface area contributed by atoms with Gasteiger partial charge in [-0.1, -0.05) is 31.9 Å². The predicted molar refractivity (Wildman–Crippen MR) is 145 cm³/mol. The molecule has 1 aromatic heterocycles. The molecule has 8 heteroatoms. The second kappa shape index (κ2) is 14.8. The predicted octanol–water partition coefficient (Wildman–Crippen LogP) is 5.73. The molecule has 6 nitrogen and oxygen atoms in total. The summed E-state index contributed by atoms with van der Waals surface area (Å²) in [5.74, 6) is 1.55. The van der Waals surface area contributed by atoms with Crippen molar-refractivity contribution in [2.45, 2.75) is 76.9 Å². The molecular formula is C27H41Cl2N3O3. The van der Waals surface area contributed by atoms with Gasteiger partial charge in [-0.25, -0.2) is 0 Å². The standard InChI is InChI=1S/C27H39N3O3.2ClH/c1-3-4-10-25-24(20-11-13-23(14-12-20)33-22-8-6-5-7-9-22)17-27(29-28-25)32-19-21-18-30(2)16-15-26(21)31;;/h11-14,17,21-22,26,31H,3-10,15-16,18-19H2,1-2H3;2*1H/t21-,26-;;/m0../s1. The van der Waals surface area contributed by atoms with Crippen LogP contribution in [0.5, 0.6) is 11.6 Å². The Morgan fingerprint density at radius 2 is 1.77 bits per heavy atom. The number of halogens is 2. The molecule has 1 aromatic carbocycles. The minimum absolute atomic E-state index is 0. The van der Waals surface area contributed by atoms with E-state index in [4.69, 9.17) is 9.47 Å². The lowest BCUT2D eigenvalue weighted by atomic mass is 9.96. The molecule has 196 valence electrons. The van der Waals surface area contributed by atoms with Crippen molar-refractivity contribution < 1.29 is 14.6 Å². The van der Waals surface area contributed by atoms with Gasteiger partial charge < -0.3 is 19.5 Å². The third-order valence-electron chi connectivity index (χ3n) is 6.98. The number of benzene rings is 1. The van der Waals surface area contributed by atoms with Crippen molar-refractivity contribution in [1.29, 1.82) is 0 Å². The molecule has 0 unspecified atom stereocenters. The summed E-state index contributed by atoms with van der Waals surface area (Å²) in [6, 6.07) is 10.4. The van der Waals surface area contributed by atoms with E-state index in [0.717, 1.165) is 74.2 Å². The Morgan fingerprint density at radius 3 is 2.49 bits per heavy atom. The highest BCUT2D eigenvalue weighted by Gasteiger charge is 2.27. The van der Waals surface area contributed by atoms with Gasteiger partial charge in [-0.3, -0.25) is 0 Å². The van der Waals surface area contributed by atoms with Gasteiger partial charge in [0.15, 0.2) is 0 Å². The van der Waals surface area contributed by atoms with Crippen LogP contribution >= 0.6 is 24.8 Å². The molecule has 2 aromatic rings. The van der Waals surface area contributed by atoms with Gasteiger partial charge in [-0.15, -0.1) is 29.9 Å². The molecule has 35 heavy (non-hydrogen) atoms. The fraction of sp³-hybridized carbons (Fsp3) is 0.630. The minimum Gasteiger partial charge on any atom is -0.490 e. The van der Waals surface area contributed by atoms with E-state index in [0.29, 0.717) is 18.6 Å². The molecule has 0 amide bonds. The van der Waals surface area contributed by atoms with Crippen molar-refractivity contribution in [1.82, 2.24) is 15.1 Å². The normalized spacial score (nSPS) is 21.0. The van der Waals surface area contributed by atoms with Gasteiger partial charge in [-0.05, 0) is 69.7 Å². The Bertz CT molecular complexity index is 878. The van der Waals surface area contributed by atoms with E-state index in [2.05, 4.69) is 53.3 Å². The Balaban J connectivity index is 0.00000216. The summed E-state index contributed by atoms with van der Waals surface area (Å²) in [6.45, 7) is 4.39. The number of ether oxygens (including phenoxy) is 2. The van der Waals surface area contributed by atoms with Crippen molar-refractivity contribution in [3.05, 3.63) is 36.0 Å². The highest BCUT2D eigenvalue weighted by molar-refractivity contribution is 5.85. The monoisotopic (exact) mass is 525 g/mol. The van der Waals surface area contributed by atoms with Crippen LogP contribution in [0.25, 0.3) is 11.1 Å². The lowest BCUT2D eigenvalue weighted by molar-refractivity contribution is 0.0127. The molecule has 2 heterocycles. The number of aliphatic hydroxyl groups excluding tert-OH is 1. The first kappa shape index (κ1) is 29.6. The van der Waals surface area contributed by atoms with E-state index in [9.17, 15) is 5.11 Å². The Kier molecular flexibility index (Phi) is 12.6. The molecule has 2 atom stereocenters. The van der Waals surface area contributed by atoms with Gasteiger partial charge in [0.2, 0.25) is 5.88 Å². The largest absolute Gasteiger partial charge is 0.490 e. The van der Waals surface area contributed by atoms with Crippen LogP contribution in [0.15, 0.2) is 30.3 Å². The third-order valence-corrected chi connectivity index (χ3v) is 6.98. The molecule has 4 rings (SSSR count). The fourth-order valence-corrected chi connectivity index (χ4v) is 4.89. The number of nitrogens with zero attached hydrogens (tertiary/aromatic N) is 3. The Labute approximate surface area is 222 Å². The lowest BCUT2D eigenvalue weighted by Crippen LogP contribution is -2.43. The zero-order valence-electron chi connectivity index (χ0n) is 21.0. The molecular weight excluding hydrogens is 485 g/mol. The molecule has 1 saturated carbocycles. The maximum absolute atomic E-state index is 10.3. The SMILES string of the molecule is CCCCc1nnc(OC[C@@H]2CN(C)CC[C@@H]2O)cc1-c1ccc(OC2CCCCC2)cc1.Cl.Cl.